The van der Waals surface area contributed by atoms with Gasteiger partial charge in [-0.15, -0.1) is 0 Å². The van der Waals surface area contributed by atoms with Crippen molar-refractivity contribution in [2.45, 2.75) is 0 Å². The molecule has 0 aromatic heterocycles. The zero-order chi connectivity index (χ0) is 10.1. The van der Waals surface area contributed by atoms with Crippen molar-refractivity contribution in [2.75, 3.05) is 12.4 Å². The molecule has 1 nitrogen and oxygen atoms in total. The molecule has 0 saturated carbocycles. The average molecular weight is 304 g/mol. The van der Waals surface area contributed by atoms with Gasteiger partial charge in [-0.1, -0.05) is 54.6 Å². The Bertz CT molecular complexity index is 295. The van der Waals surface area contributed by atoms with Crippen molar-refractivity contribution >= 4 is 5.69 Å². The summed E-state index contributed by atoms with van der Waals surface area (Å²) in [4.78, 5) is 0. The van der Waals surface area contributed by atoms with Crippen LogP contribution in [0.4, 0.5) is 5.69 Å². The van der Waals surface area contributed by atoms with Crippen molar-refractivity contribution < 1.29 is 32.7 Å². The first-order valence-corrected chi connectivity index (χ1v) is 4.66. The van der Waals surface area contributed by atoms with E-state index < -0.39 is 0 Å². The van der Waals surface area contributed by atoms with Crippen LogP contribution < -0.4 is 5.32 Å². The summed E-state index contributed by atoms with van der Waals surface area (Å²) < 4.78 is 0. The fourth-order valence-electron chi connectivity index (χ4n) is 0.990. The number of benzene rings is 2. The molecule has 0 aliphatic rings. The van der Waals surface area contributed by atoms with Crippen LogP contribution in [0.1, 0.15) is 0 Å². The van der Waals surface area contributed by atoms with Crippen molar-refractivity contribution in [1.82, 2.24) is 0 Å². The summed E-state index contributed by atoms with van der Waals surface area (Å²) >= 11 is 0. The van der Waals surface area contributed by atoms with E-state index in [0.717, 1.165) is 5.69 Å². The van der Waals surface area contributed by atoms with E-state index in [9.17, 15) is 0 Å². The molecule has 2 heteroatoms. The van der Waals surface area contributed by atoms with E-state index in [1.165, 1.54) is 0 Å². The molecule has 0 bridgehead atoms. The standard InChI is InChI=1S/C7H9N.C6H6.2CH3.Y/c1-8-7-5-3-2-4-6-7;1-2-4-6-5-3-1;;;/h2-6,8H,1H3;1-6H;2*1H3;/q;;2*-1;. The molecule has 0 saturated heterocycles. The SMILES string of the molecule is CNc1ccccc1.[CH3-].[CH3-].[Y].c1ccccc1. The van der Waals surface area contributed by atoms with Crippen LogP contribution >= 0.6 is 0 Å². The van der Waals surface area contributed by atoms with Crippen LogP contribution in [0.2, 0.25) is 0 Å². The molecule has 2 aromatic rings. The van der Waals surface area contributed by atoms with Gasteiger partial charge in [-0.3, -0.25) is 0 Å². The predicted octanol–water partition coefficient (Wildman–Crippen LogP) is 4.31. The largest absolute Gasteiger partial charge is 0.388 e. The van der Waals surface area contributed by atoms with Crippen LogP contribution in [0, 0.1) is 14.9 Å². The minimum absolute atomic E-state index is 0. The third-order valence-electron chi connectivity index (χ3n) is 1.73. The Morgan fingerprint density at radius 3 is 1.18 bits per heavy atom. The third-order valence-corrected chi connectivity index (χ3v) is 1.73. The first-order chi connectivity index (χ1) is 6.93. The fourth-order valence-corrected chi connectivity index (χ4v) is 0.990. The van der Waals surface area contributed by atoms with E-state index in [-0.39, 0.29) is 47.6 Å². The smallest absolute Gasteiger partial charge is 0.0337 e. The molecule has 0 heterocycles. The summed E-state index contributed by atoms with van der Waals surface area (Å²) in [5.74, 6) is 0. The number of hydrogen-bond donors (Lipinski definition) is 1. The minimum atomic E-state index is 0. The van der Waals surface area contributed by atoms with E-state index in [1.54, 1.807) is 0 Å². The molecule has 0 spiro atoms. The quantitative estimate of drug-likeness (QED) is 0.774. The molecule has 1 N–H and O–H groups in total. The van der Waals surface area contributed by atoms with Gasteiger partial charge in [0.15, 0.2) is 0 Å². The Hall–Kier alpha value is -0.656. The van der Waals surface area contributed by atoms with Gasteiger partial charge in [-0.2, -0.15) is 0 Å². The average Bonchev–Trinajstić information content (AvgIpc) is 2.33. The maximum atomic E-state index is 3.03. The van der Waals surface area contributed by atoms with Crippen LogP contribution in [0.3, 0.4) is 0 Å². The Morgan fingerprint density at radius 1 is 0.647 bits per heavy atom. The Morgan fingerprint density at radius 2 is 0.941 bits per heavy atom. The molecule has 0 unspecified atom stereocenters. The monoisotopic (exact) mass is 304 g/mol. The molecule has 17 heavy (non-hydrogen) atoms. The van der Waals surface area contributed by atoms with Crippen LogP contribution in [0.25, 0.3) is 0 Å². The molecule has 0 aliphatic carbocycles. The van der Waals surface area contributed by atoms with Gasteiger partial charge in [0, 0.05) is 45.4 Å². The molecule has 0 atom stereocenters. The van der Waals surface area contributed by atoms with E-state index >= 15 is 0 Å². The van der Waals surface area contributed by atoms with E-state index in [0.29, 0.717) is 0 Å². The number of para-hydroxylation sites is 1. The van der Waals surface area contributed by atoms with Gasteiger partial charge in [0.05, 0.1) is 0 Å². The second kappa shape index (κ2) is 15.3. The molecule has 1 radical (unpaired) electrons. The molecule has 0 aliphatic heterocycles. The fraction of sp³-hybridized carbons (Fsp3) is 0.0667. The number of nitrogens with one attached hydrogen (secondary N) is 1. The summed E-state index contributed by atoms with van der Waals surface area (Å²) in [7, 11) is 1.91. The summed E-state index contributed by atoms with van der Waals surface area (Å²) in [6.45, 7) is 0. The van der Waals surface area contributed by atoms with Gasteiger partial charge >= 0.3 is 0 Å². The van der Waals surface area contributed by atoms with E-state index in [4.69, 9.17) is 0 Å². The molecule has 0 amide bonds. The van der Waals surface area contributed by atoms with Gasteiger partial charge in [-0.05, 0) is 12.1 Å². The number of rotatable bonds is 1. The van der Waals surface area contributed by atoms with Crippen LogP contribution in [0.5, 0.6) is 0 Å². The normalized spacial score (nSPS) is 6.88. The van der Waals surface area contributed by atoms with Crippen LogP contribution in [0.15, 0.2) is 66.7 Å². The molecule has 0 fully saturated rings. The molecular weight excluding hydrogens is 283 g/mol. The van der Waals surface area contributed by atoms with Crippen molar-refractivity contribution in [3.63, 3.8) is 0 Å². The predicted molar refractivity (Wildman–Crippen MR) is 75.3 cm³/mol. The van der Waals surface area contributed by atoms with Gasteiger partial charge in [0.25, 0.3) is 0 Å². The number of anilines is 1. The third kappa shape index (κ3) is 11.6. The zero-order valence-corrected chi connectivity index (χ0v) is 13.8. The van der Waals surface area contributed by atoms with Crippen LogP contribution in [-0.2, 0) is 32.7 Å². The molecule has 2 rings (SSSR count). The Kier molecular flexibility index (Phi) is 19.5. The van der Waals surface area contributed by atoms with Crippen LogP contribution in [-0.4, -0.2) is 7.05 Å². The second-order valence-corrected chi connectivity index (χ2v) is 2.77. The summed E-state index contributed by atoms with van der Waals surface area (Å²) in [6, 6.07) is 22.1. The van der Waals surface area contributed by atoms with Crippen molar-refractivity contribution in [1.29, 1.82) is 0 Å². The van der Waals surface area contributed by atoms with Gasteiger partial charge < -0.3 is 20.2 Å². The molecule has 2 aromatic carbocycles. The van der Waals surface area contributed by atoms with Crippen molar-refractivity contribution in [2.24, 2.45) is 0 Å². The summed E-state index contributed by atoms with van der Waals surface area (Å²) in [6.07, 6.45) is 0. The Labute approximate surface area is 132 Å². The second-order valence-electron chi connectivity index (χ2n) is 2.77. The Balaban J connectivity index is -0.000000201. The van der Waals surface area contributed by atoms with E-state index in [1.807, 2.05) is 73.8 Å². The first-order valence-electron chi connectivity index (χ1n) is 4.66. The summed E-state index contributed by atoms with van der Waals surface area (Å²) in [5, 5.41) is 3.03. The van der Waals surface area contributed by atoms with Crippen molar-refractivity contribution in [3.8, 4) is 0 Å². The molecule has 91 valence electrons. The topological polar surface area (TPSA) is 12.0 Å². The van der Waals surface area contributed by atoms with Gasteiger partial charge in [0.2, 0.25) is 0 Å². The summed E-state index contributed by atoms with van der Waals surface area (Å²) in [5.41, 5.74) is 1.16. The van der Waals surface area contributed by atoms with E-state index in [2.05, 4.69) is 5.32 Å². The maximum Gasteiger partial charge on any atom is 0.0337 e. The molecular formula is C15H21NY-2. The zero-order valence-electron chi connectivity index (χ0n) is 10.9. The van der Waals surface area contributed by atoms with Crippen molar-refractivity contribution in [3.05, 3.63) is 81.6 Å². The van der Waals surface area contributed by atoms with Gasteiger partial charge in [0.1, 0.15) is 0 Å². The first kappa shape index (κ1) is 21.6. The minimum Gasteiger partial charge on any atom is -0.388 e. The van der Waals surface area contributed by atoms with Gasteiger partial charge in [-0.25, -0.2) is 0 Å². The maximum absolute atomic E-state index is 3.03. The number of hydrogen-bond acceptors (Lipinski definition) is 1.